The summed E-state index contributed by atoms with van der Waals surface area (Å²) in [6, 6.07) is 6.52. The Morgan fingerprint density at radius 1 is 1.08 bits per heavy atom. The van der Waals surface area contributed by atoms with Crippen LogP contribution >= 0.6 is 0 Å². The van der Waals surface area contributed by atoms with Crippen LogP contribution in [0, 0.1) is 5.82 Å². The normalized spacial score (nSPS) is 23.7. The van der Waals surface area contributed by atoms with E-state index in [0.717, 1.165) is 31.2 Å². The molecule has 0 radical (unpaired) electrons. The molecule has 2 fully saturated rings. The van der Waals surface area contributed by atoms with Crippen molar-refractivity contribution in [2.45, 2.75) is 63.2 Å². The number of carbonyl (C=O) groups excluding carboxylic acids is 1. The van der Waals surface area contributed by atoms with Crippen LogP contribution in [0.2, 0.25) is 0 Å². The fourth-order valence-corrected chi connectivity index (χ4v) is 3.77. The maximum Gasteiger partial charge on any atom is 0.332 e. The van der Waals surface area contributed by atoms with E-state index >= 15 is 0 Å². The Balaban J connectivity index is 1.65. The van der Waals surface area contributed by atoms with Crippen LogP contribution in [-0.2, 0) is 20.7 Å². The lowest BCUT2D eigenvalue weighted by Crippen LogP contribution is -2.46. The highest BCUT2D eigenvalue weighted by atomic mass is 19.1. The Morgan fingerprint density at radius 2 is 1.72 bits per heavy atom. The Hall–Kier alpha value is -1.95. The van der Waals surface area contributed by atoms with Gasteiger partial charge in [-0.15, -0.1) is 0 Å². The zero-order valence-electron chi connectivity index (χ0n) is 14.2. The van der Waals surface area contributed by atoms with E-state index in [9.17, 15) is 14.0 Å². The predicted molar refractivity (Wildman–Crippen MR) is 89.6 cm³/mol. The topological polar surface area (TPSA) is 66.8 Å². The van der Waals surface area contributed by atoms with Crippen molar-refractivity contribution >= 4 is 11.9 Å². The van der Waals surface area contributed by atoms with E-state index in [2.05, 4.69) is 0 Å². The molecule has 0 unspecified atom stereocenters. The second-order valence-corrected chi connectivity index (χ2v) is 6.88. The molecule has 3 rings (SSSR count). The van der Waals surface area contributed by atoms with Gasteiger partial charge in [-0.3, -0.25) is 4.79 Å². The summed E-state index contributed by atoms with van der Waals surface area (Å²) in [6.45, 7) is 0.548. The quantitative estimate of drug-likeness (QED) is 0.858. The molecule has 2 atom stereocenters. The molecule has 2 aliphatic rings. The lowest BCUT2D eigenvalue weighted by molar-refractivity contribution is -0.155. The maximum absolute atomic E-state index is 13.0. The molecular weight excluding hydrogens is 325 g/mol. The average molecular weight is 349 g/mol. The van der Waals surface area contributed by atoms with Crippen LogP contribution in [0.25, 0.3) is 0 Å². The number of ether oxygens (including phenoxy) is 1. The van der Waals surface area contributed by atoms with Gasteiger partial charge in [-0.05, 0) is 49.8 Å². The van der Waals surface area contributed by atoms with Crippen LogP contribution in [0.3, 0.4) is 0 Å². The lowest BCUT2D eigenvalue weighted by atomic mass is 10.1. The molecule has 6 heteroatoms. The zero-order chi connectivity index (χ0) is 17.8. The van der Waals surface area contributed by atoms with Crippen LogP contribution in [0.5, 0.6) is 0 Å². The first-order valence-corrected chi connectivity index (χ1v) is 8.98. The summed E-state index contributed by atoms with van der Waals surface area (Å²) in [4.78, 5) is 25.8. The highest BCUT2D eigenvalue weighted by Crippen LogP contribution is 2.28. The van der Waals surface area contributed by atoms with Gasteiger partial charge in [-0.25, -0.2) is 9.18 Å². The number of carbonyl (C=O) groups is 2. The second kappa shape index (κ2) is 7.95. The Morgan fingerprint density at radius 3 is 2.32 bits per heavy atom. The third kappa shape index (κ3) is 4.37. The summed E-state index contributed by atoms with van der Waals surface area (Å²) >= 11 is 0. The molecule has 1 N–H and O–H groups in total. The molecule has 1 aromatic carbocycles. The van der Waals surface area contributed by atoms with Crippen LogP contribution < -0.4 is 0 Å². The number of benzene rings is 1. The molecule has 0 spiro atoms. The van der Waals surface area contributed by atoms with Crippen molar-refractivity contribution in [1.29, 1.82) is 0 Å². The summed E-state index contributed by atoms with van der Waals surface area (Å²) in [7, 11) is 0. The van der Waals surface area contributed by atoms with Gasteiger partial charge in [0.05, 0.1) is 0 Å². The Labute approximate surface area is 146 Å². The summed E-state index contributed by atoms with van der Waals surface area (Å²) in [5.74, 6) is -1.38. The van der Waals surface area contributed by atoms with E-state index in [1.165, 1.54) is 12.1 Å². The standard InChI is InChI=1S/C19H24FNO4/c20-14-7-5-13(6-8-14)11-12-21(15-3-1-2-4-15)18(22)16-9-10-17(25-16)19(23)24/h5-8,15-17H,1-4,9-12H2,(H,23,24)/t16-,17+/m0/s1. The largest absolute Gasteiger partial charge is 0.479 e. The van der Waals surface area contributed by atoms with Crippen molar-refractivity contribution < 1.29 is 23.8 Å². The Bertz CT molecular complexity index is 612. The SMILES string of the molecule is O=C(O)[C@H]1CC[C@@H](C(=O)N(CCc2ccc(F)cc2)C2CCCC2)O1. The smallest absolute Gasteiger partial charge is 0.332 e. The first-order valence-electron chi connectivity index (χ1n) is 8.98. The van der Waals surface area contributed by atoms with Gasteiger partial charge < -0.3 is 14.7 Å². The van der Waals surface area contributed by atoms with Gasteiger partial charge >= 0.3 is 5.97 Å². The molecule has 25 heavy (non-hydrogen) atoms. The van der Waals surface area contributed by atoms with Gasteiger partial charge in [0.15, 0.2) is 6.10 Å². The van der Waals surface area contributed by atoms with Crippen LogP contribution in [0.1, 0.15) is 44.1 Å². The second-order valence-electron chi connectivity index (χ2n) is 6.88. The van der Waals surface area contributed by atoms with Gasteiger partial charge in [0, 0.05) is 12.6 Å². The first kappa shape index (κ1) is 17.9. The molecule has 1 aliphatic heterocycles. The Kier molecular flexibility index (Phi) is 5.68. The monoisotopic (exact) mass is 349 g/mol. The molecule has 1 aliphatic carbocycles. The minimum Gasteiger partial charge on any atom is -0.479 e. The highest BCUT2D eigenvalue weighted by Gasteiger charge is 2.38. The number of halogens is 1. The van der Waals surface area contributed by atoms with Crippen molar-refractivity contribution in [2.75, 3.05) is 6.54 Å². The molecule has 1 heterocycles. The third-order valence-corrected chi connectivity index (χ3v) is 5.17. The summed E-state index contributed by atoms with van der Waals surface area (Å²) in [6.07, 6.45) is 4.11. The van der Waals surface area contributed by atoms with E-state index in [1.807, 2.05) is 4.90 Å². The van der Waals surface area contributed by atoms with Gasteiger partial charge in [0.25, 0.3) is 5.91 Å². The number of hydrogen-bond acceptors (Lipinski definition) is 3. The lowest BCUT2D eigenvalue weighted by Gasteiger charge is -2.31. The van der Waals surface area contributed by atoms with Crippen LogP contribution in [0.4, 0.5) is 4.39 Å². The number of amides is 1. The van der Waals surface area contributed by atoms with Crippen molar-refractivity contribution in [3.05, 3.63) is 35.6 Å². The molecule has 0 bridgehead atoms. The minimum atomic E-state index is -1.01. The number of nitrogens with zero attached hydrogens (tertiary/aromatic N) is 1. The molecule has 136 valence electrons. The van der Waals surface area contributed by atoms with Gasteiger partial charge in [-0.1, -0.05) is 25.0 Å². The third-order valence-electron chi connectivity index (χ3n) is 5.17. The average Bonchev–Trinajstić information content (AvgIpc) is 3.28. The van der Waals surface area contributed by atoms with E-state index in [4.69, 9.17) is 9.84 Å². The summed E-state index contributed by atoms with van der Waals surface area (Å²) in [5.41, 5.74) is 0.980. The van der Waals surface area contributed by atoms with Crippen molar-refractivity contribution in [3.8, 4) is 0 Å². The summed E-state index contributed by atoms with van der Waals surface area (Å²) in [5, 5.41) is 9.06. The first-order chi connectivity index (χ1) is 12.0. The van der Waals surface area contributed by atoms with E-state index < -0.39 is 18.2 Å². The number of carboxylic acid groups (broad SMARTS) is 1. The van der Waals surface area contributed by atoms with Crippen molar-refractivity contribution in [1.82, 2.24) is 4.90 Å². The van der Waals surface area contributed by atoms with Crippen LogP contribution in [0.15, 0.2) is 24.3 Å². The van der Waals surface area contributed by atoms with E-state index in [-0.39, 0.29) is 17.8 Å². The number of carboxylic acids is 1. The maximum atomic E-state index is 13.0. The molecule has 1 amide bonds. The van der Waals surface area contributed by atoms with Gasteiger partial charge in [-0.2, -0.15) is 0 Å². The molecule has 1 saturated carbocycles. The number of rotatable bonds is 6. The molecule has 5 nitrogen and oxygen atoms in total. The van der Waals surface area contributed by atoms with E-state index in [1.54, 1.807) is 12.1 Å². The fraction of sp³-hybridized carbons (Fsp3) is 0.579. The number of hydrogen-bond donors (Lipinski definition) is 1. The van der Waals surface area contributed by atoms with Crippen LogP contribution in [-0.4, -0.2) is 46.7 Å². The highest BCUT2D eigenvalue weighted by molar-refractivity contribution is 5.83. The summed E-state index contributed by atoms with van der Waals surface area (Å²) < 4.78 is 18.5. The predicted octanol–water partition coefficient (Wildman–Crippen LogP) is 2.77. The molecule has 0 aromatic heterocycles. The van der Waals surface area contributed by atoms with Gasteiger partial charge in [0.2, 0.25) is 0 Å². The fourth-order valence-electron chi connectivity index (χ4n) is 3.77. The minimum absolute atomic E-state index is 0.0993. The zero-order valence-corrected chi connectivity index (χ0v) is 14.2. The molecule has 1 aromatic rings. The molecular formula is C19H24FNO4. The van der Waals surface area contributed by atoms with E-state index in [0.29, 0.717) is 25.8 Å². The number of aliphatic carboxylic acids is 1. The van der Waals surface area contributed by atoms with Gasteiger partial charge in [0.1, 0.15) is 11.9 Å². The molecule has 1 saturated heterocycles. The van der Waals surface area contributed by atoms with Crippen molar-refractivity contribution in [3.63, 3.8) is 0 Å². The van der Waals surface area contributed by atoms with Crippen molar-refractivity contribution in [2.24, 2.45) is 0 Å².